The standard InChI is InChI=1S/C17H15NO2/c19-16-9-4-12-18(16)17(20)11-10-14-7-3-6-13-5-1-2-8-15(13)14/h1-3,5-8,10-11H,4,9,12H2/b11-10+. The third-order valence-corrected chi connectivity index (χ3v) is 3.57. The van der Waals surface area contributed by atoms with E-state index in [9.17, 15) is 9.59 Å². The quantitative estimate of drug-likeness (QED) is 0.783. The number of imide groups is 1. The number of amides is 2. The summed E-state index contributed by atoms with van der Waals surface area (Å²) in [6.45, 7) is 0.539. The third-order valence-electron chi connectivity index (χ3n) is 3.57. The minimum absolute atomic E-state index is 0.0717. The van der Waals surface area contributed by atoms with Crippen LogP contribution in [0.4, 0.5) is 0 Å². The van der Waals surface area contributed by atoms with Crippen molar-refractivity contribution in [1.82, 2.24) is 4.90 Å². The number of likely N-dealkylation sites (tertiary alicyclic amines) is 1. The lowest BCUT2D eigenvalue weighted by Crippen LogP contribution is -2.30. The lowest BCUT2D eigenvalue weighted by Gasteiger charge is -2.10. The molecule has 2 aromatic carbocycles. The van der Waals surface area contributed by atoms with Gasteiger partial charge in [-0.1, -0.05) is 42.5 Å². The summed E-state index contributed by atoms with van der Waals surface area (Å²) in [5.41, 5.74) is 0.989. The molecule has 1 aliphatic heterocycles. The summed E-state index contributed by atoms with van der Waals surface area (Å²) in [7, 11) is 0. The zero-order valence-corrected chi connectivity index (χ0v) is 11.1. The van der Waals surface area contributed by atoms with Gasteiger partial charge in [-0.15, -0.1) is 0 Å². The molecule has 1 heterocycles. The molecule has 1 aliphatic rings. The van der Waals surface area contributed by atoms with Gasteiger partial charge in [0.15, 0.2) is 0 Å². The third kappa shape index (κ3) is 2.35. The van der Waals surface area contributed by atoms with Crippen molar-refractivity contribution in [2.75, 3.05) is 6.54 Å². The van der Waals surface area contributed by atoms with Gasteiger partial charge in [0.2, 0.25) is 5.91 Å². The van der Waals surface area contributed by atoms with Crippen molar-refractivity contribution < 1.29 is 9.59 Å². The molecule has 0 N–H and O–H groups in total. The molecular formula is C17H15NO2. The zero-order valence-electron chi connectivity index (χ0n) is 11.1. The van der Waals surface area contributed by atoms with Gasteiger partial charge in [-0.05, 0) is 28.8 Å². The van der Waals surface area contributed by atoms with Crippen LogP contribution in [-0.4, -0.2) is 23.3 Å². The van der Waals surface area contributed by atoms with E-state index in [-0.39, 0.29) is 11.8 Å². The Hall–Kier alpha value is -2.42. The maximum atomic E-state index is 12.0. The summed E-state index contributed by atoms with van der Waals surface area (Å²) in [5.74, 6) is -0.294. The van der Waals surface area contributed by atoms with Crippen LogP contribution in [0.25, 0.3) is 16.8 Å². The number of carbonyl (C=O) groups excluding carboxylic acids is 2. The van der Waals surface area contributed by atoms with Crippen molar-refractivity contribution in [2.24, 2.45) is 0 Å². The van der Waals surface area contributed by atoms with E-state index in [2.05, 4.69) is 0 Å². The number of fused-ring (bicyclic) bond motifs is 1. The number of carbonyl (C=O) groups is 2. The van der Waals surface area contributed by atoms with Gasteiger partial charge < -0.3 is 0 Å². The molecule has 0 unspecified atom stereocenters. The first-order valence-electron chi connectivity index (χ1n) is 6.76. The Balaban J connectivity index is 1.87. The molecular weight excluding hydrogens is 250 g/mol. The van der Waals surface area contributed by atoms with E-state index in [1.807, 2.05) is 42.5 Å². The highest BCUT2D eigenvalue weighted by molar-refractivity contribution is 6.04. The largest absolute Gasteiger partial charge is 0.279 e. The maximum Gasteiger partial charge on any atom is 0.253 e. The van der Waals surface area contributed by atoms with Crippen LogP contribution in [0, 0.1) is 0 Å². The van der Waals surface area contributed by atoms with Gasteiger partial charge in [0, 0.05) is 19.0 Å². The molecule has 3 rings (SSSR count). The van der Waals surface area contributed by atoms with Crippen LogP contribution in [0.2, 0.25) is 0 Å². The Bertz CT molecular complexity index is 698. The maximum absolute atomic E-state index is 12.0. The summed E-state index contributed by atoms with van der Waals surface area (Å²) in [6, 6.07) is 14.0. The summed E-state index contributed by atoms with van der Waals surface area (Å²) in [4.78, 5) is 24.8. The highest BCUT2D eigenvalue weighted by Crippen LogP contribution is 2.20. The molecule has 2 aromatic rings. The fourth-order valence-electron chi connectivity index (χ4n) is 2.53. The second kappa shape index (κ2) is 5.29. The Labute approximate surface area is 117 Å². The average molecular weight is 265 g/mol. The summed E-state index contributed by atoms with van der Waals surface area (Å²) < 4.78 is 0. The SMILES string of the molecule is O=C(/C=C/c1cccc2ccccc12)N1CCCC1=O. The van der Waals surface area contributed by atoms with E-state index in [0.717, 1.165) is 22.8 Å². The monoisotopic (exact) mass is 265 g/mol. The summed E-state index contributed by atoms with van der Waals surface area (Å²) in [5, 5.41) is 2.24. The minimum atomic E-state index is -0.222. The van der Waals surface area contributed by atoms with Gasteiger partial charge in [-0.25, -0.2) is 0 Å². The van der Waals surface area contributed by atoms with E-state index in [1.54, 1.807) is 6.08 Å². The Morgan fingerprint density at radius 1 is 1.10 bits per heavy atom. The van der Waals surface area contributed by atoms with Crippen LogP contribution in [-0.2, 0) is 9.59 Å². The summed E-state index contributed by atoms with van der Waals surface area (Å²) in [6.07, 6.45) is 4.53. The van der Waals surface area contributed by atoms with Crippen molar-refractivity contribution in [3.8, 4) is 0 Å². The molecule has 0 spiro atoms. The Morgan fingerprint density at radius 2 is 1.90 bits per heavy atom. The molecule has 3 heteroatoms. The predicted octanol–water partition coefficient (Wildman–Crippen LogP) is 3.00. The van der Waals surface area contributed by atoms with Crippen LogP contribution in [0.1, 0.15) is 18.4 Å². The second-order valence-electron chi connectivity index (χ2n) is 4.89. The molecule has 20 heavy (non-hydrogen) atoms. The molecule has 100 valence electrons. The molecule has 2 amide bonds. The minimum Gasteiger partial charge on any atom is -0.279 e. The zero-order chi connectivity index (χ0) is 13.9. The van der Waals surface area contributed by atoms with E-state index in [0.29, 0.717) is 13.0 Å². The topological polar surface area (TPSA) is 37.4 Å². The van der Waals surface area contributed by atoms with Crippen molar-refractivity contribution >= 4 is 28.7 Å². The van der Waals surface area contributed by atoms with Gasteiger partial charge >= 0.3 is 0 Å². The van der Waals surface area contributed by atoms with Crippen molar-refractivity contribution in [3.63, 3.8) is 0 Å². The number of nitrogens with zero attached hydrogens (tertiary/aromatic N) is 1. The number of rotatable bonds is 2. The lowest BCUT2D eigenvalue weighted by atomic mass is 10.0. The van der Waals surface area contributed by atoms with Crippen LogP contribution in [0.15, 0.2) is 48.5 Å². The summed E-state index contributed by atoms with van der Waals surface area (Å²) >= 11 is 0. The lowest BCUT2D eigenvalue weighted by molar-refractivity contribution is -0.138. The van der Waals surface area contributed by atoms with E-state index in [1.165, 1.54) is 11.0 Å². The van der Waals surface area contributed by atoms with Crippen LogP contribution < -0.4 is 0 Å². The van der Waals surface area contributed by atoms with Crippen molar-refractivity contribution in [1.29, 1.82) is 0 Å². The van der Waals surface area contributed by atoms with Gasteiger partial charge in [-0.2, -0.15) is 0 Å². The molecule has 0 atom stereocenters. The molecule has 0 saturated carbocycles. The van der Waals surface area contributed by atoms with Crippen LogP contribution >= 0.6 is 0 Å². The van der Waals surface area contributed by atoms with Gasteiger partial charge in [0.1, 0.15) is 0 Å². The first kappa shape index (κ1) is 12.6. The van der Waals surface area contributed by atoms with Gasteiger partial charge in [0.25, 0.3) is 5.91 Å². The fraction of sp³-hybridized carbons (Fsp3) is 0.176. The molecule has 3 nitrogen and oxygen atoms in total. The van der Waals surface area contributed by atoms with Gasteiger partial charge in [-0.3, -0.25) is 14.5 Å². The molecule has 1 fully saturated rings. The highest BCUT2D eigenvalue weighted by atomic mass is 16.2. The normalized spacial score (nSPS) is 15.4. The number of hydrogen-bond donors (Lipinski definition) is 0. The second-order valence-corrected chi connectivity index (χ2v) is 4.89. The fourth-order valence-corrected chi connectivity index (χ4v) is 2.53. The van der Waals surface area contributed by atoms with E-state index >= 15 is 0 Å². The number of benzene rings is 2. The highest BCUT2D eigenvalue weighted by Gasteiger charge is 2.24. The Kier molecular flexibility index (Phi) is 3.33. The number of hydrogen-bond acceptors (Lipinski definition) is 2. The van der Waals surface area contributed by atoms with Crippen molar-refractivity contribution in [2.45, 2.75) is 12.8 Å². The first-order valence-corrected chi connectivity index (χ1v) is 6.76. The molecule has 0 radical (unpaired) electrons. The molecule has 0 aromatic heterocycles. The smallest absolute Gasteiger partial charge is 0.253 e. The molecule has 0 bridgehead atoms. The van der Waals surface area contributed by atoms with Crippen molar-refractivity contribution in [3.05, 3.63) is 54.1 Å². The van der Waals surface area contributed by atoms with E-state index in [4.69, 9.17) is 0 Å². The molecule has 0 aliphatic carbocycles. The van der Waals surface area contributed by atoms with Crippen LogP contribution in [0.3, 0.4) is 0 Å². The Morgan fingerprint density at radius 3 is 2.70 bits per heavy atom. The first-order chi connectivity index (χ1) is 9.75. The molecule has 1 saturated heterocycles. The van der Waals surface area contributed by atoms with Crippen LogP contribution in [0.5, 0.6) is 0 Å². The van der Waals surface area contributed by atoms with Gasteiger partial charge in [0.05, 0.1) is 0 Å². The predicted molar refractivity (Wildman–Crippen MR) is 78.9 cm³/mol. The van der Waals surface area contributed by atoms with E-state index < -0.39 is 0 Å². The average Bonchev–Trinajstić information content (AvgIpc) is 2.91.